The van der Waals surface area contributed by atoms with Gasteiger partial charge in [-0.2, -0.15) is 11.0 Å². The first-order chi connectivity index (χ1) is 15.0. The minimum absolute atomic E-state index is 0.00744. The summed E-state index contributed by atoms with van der Waals surface area (Å²) in [5.41, 5.74) is 2.89. The number of nitrogens with zero attached hydrogens (tertiary/aromatic N) is 3. The van der Waals surface area contributed by atoms with Crippen molar-refractivity contribution in [2.75, 3.05) is 26.2 Å². The predicted octanol–water partition coefficient (Wildman–Crippen LogP) is 2.77. The van der Waals surface area contributed by atoms with Gasteiger partial charge in [0.2, 0.25) is 0 Å². The number of carbonyl (C=O) groups excluding carboxylic acids is 1. The number of nitrogens with one attached hydrogen (secondary N) is 1. The Morgan fingerprint density at radius 3 is 2.84 bits per heavy atom. The van der Waals surface area contributed by atoms with Crippen molar-refractivity contribution in [3.63, 3.8) is 0 Å². The molecular weight excluding hydrogens is 397 g/mol. The third kappa shape index (κ3) is 3.94. The predicted molar refractivity (Wildman–Crippen MR) is 115 cm³/mol. The summed E-state index contributed by atoms with van der Waals surface area (Å²) in [6, 6.07) is 10.6. The monoisotopic (exact) mass is 423 g/mol. The van der Waals surface area contributed by atoms with Gasteiger partial charge in [-0.3, -0.25) is 4.90 Å². The van der Waals surface area contributed by atoms with E-state index in [-0.39, 0.29) is 5.56 Å². The van der Waals surface area contributed by atoms with E-state index in [0.29, 0.717) is 16.3 Å². The highest BCUT2D eigenvalue weighted by molar-refractivity contribution is 6.02. The third-order valence-electron chi connectivity index (χ3n) is 6.59. The fourth-order valence-electron chi connectivity index (χ4n) is 5.00. The van der Waals surface area contributed by atoms with Gasteiger partial charge in [0.15, 0.2) is 0 Å². The van der Waals surface area contributed by atoms with Gasteiger partial charge in [-0.15, -0.1) is 0 Å². The highest BCUT2D eigenvalue weighted by Crippen LogP contribution is 2.37. The Labute approximate surface area is 179 Å². The molecule has 3 aromatic rings. The average Bonchev–Trinajstić information content (AvgIpc) is 3.38. The van der Waals surface area contributed by atoms with Crippen LogP contribution in [0.15, 0.2) is 42.6 Å². The molecule has 1 aromatic heterocycles. The Kier molecular flexibility index (Phi) is 5.21. The lowest BCUT2D eigenvalue weighted by molar-refractivity contribution is 0.0505. The van der Waals surface area contributed by atoms with E-state index in [9.17, 15) is 9.18 Å². The van der Waals surface area contributed by atoms with Crippen LogP contribution in [0, 0.1) is 11.2 Å². The first-order valence-corrected chi connectivity index (χ1v) is 10.7. The summed E-state index contributed by atoms with van der Waals surface area (Å²) in [5, 5.41) is 8.53. The molecule has 2 saturated heterocycles. The second-order valence-electron chi connectivity index (χ2n) is 8.78. The van der Waals surface area contributed by atoms with Crippen molar-refractivity contribution < 1.29 is 14.0 Å². The molecule has 0 saturated carbocycles. The first-order valence-electron chi connectivity index (χ1n) is 10.7. The first kappa shape index (κ1) is 20.1. The van der Waals surface area contributed by atoms with Crippen molar-refractivity contribution in [3.05, 3.63) is 59.5 Å². The SMILES string of the molecule is NOC(=O)c1cc(F)cc2cn(-c3ccc(CN4CCC5(CCCNC5)C4)cc3)nc12. The molecule has 31 heavy (non-hydrogen) atoms. The van der Waals surface area contributed by atoms with Crippen molar-refractivity contribution >= 4 is 16.9 Å². The number of nitrogens with two attached hydrogens (primary N) is 1. The molecule has 0 aliphatic carbocycles. The Morgan fingerprint density at radius 2 is 2.10 bits per heavy atom. The van der Waals surface area contributed by atoms with E-state index in [4.69, 9.17) is 5.90 Å². The Morgan fingerprint density at radius 1 is 1.26 bits per heavy atom. The summed E-state index contributed by atoms with van der Waals surface area (Å²) in [4.78, 5) is 18.7. The Hall–Kier alpha value is -2.81. The molecule has 1 spiro atoms. The lowest BCUT2D eigenvalue weighted by Gasteiger charge is -2.34. The lowest BCUT2D eigenvalue weighted by atomic mass is 9.80. The zero-order valence-corrected chi connectivity index (χ0v) is 17.3. The zero-order chi connectivity index (χ0) is 21.4. The summed E-state index contributed by atoms with van der Waals surface area (Å²) in [5.74, 6) is 3.62. The fraction of sp³-hybridized carbons (Fsp3) is 0.391. The quantitative estimate of drug-likeness (QED) is 0.628. The molecule has 162 valence electrons. The van der Waals surface area contributed by atoms with Crippen LogP contribution in [0.2, 0.25) is 0 Å². The van der Waals surface area contributed by atoms with Crippen molar-refractivity contribution in [2.45, 2.75) is 25.8 Å². The van der Waals surface area contributed by atoms with Crippen LogP contribution in [0.25, 0.3) is 16.6 Å². The fourth-order valence-corrected chi connectivity index (χ4v) is 5.00. The van der Waals surface area contributed by atoms with E-state index in [1.54, 1.807) is 10.9 Å². The molecule has 3 heterocycles. The van der Waals surface area contributed by atoms with Gasteiger partial charge in [0.05, 0.1) is 11.3 Å². The number of hydrogen-bond acceptors (Lipinski definition) is 6. The van der Waals surface area contributed by atoms with Gasteiger partial charge < -0.3 is 10.2 Å². The van der Waals surface area contributed by atoms with Crippen molar-refractivity contribution in [3.8, 4) is 5.69 Å². The molecular formula is C23H26FN5O2. The van der Waals surface area contributed by atoms with Crippen LogP contribution in [0.1, 0.15) is 35.2 Å². The molecule has 2 fully saturated rings. The molecule has 8 heteroatoms. The summed E-state index contributed by atoms with van der Waals surface area (Å²) in [7, 11) is 0. The van der Waals surface area contributed by atoms with Crippen molar-refractivity contribution in [1.29, 1.82) is 0 Å². The number of benzene rings is 2. The van der Waals surface area contributed by atoms with E-state index < -0.39 is 11.8 Å². The highest BCUT2D eigenvalue weighted by atomic mass is 19.1. The maximum atomic E-state index is 13.9. The number of carbonyl (C=O) groups is 1. The molecule has 0 amide bonds. The van der Waals surface area contributed by atoms with Crippen molar-refractivity contribution in [2.24, 2.45) is 11.3 Å². The highest BCUT2D eigenvalue weighted by Gasteiger charge is 2.38. The molecule has 3 N–H and O–H groups in total. The maximum absolute atomic E-state index is 13.9. The van der Waals surface area contributed by atoms with Gasteiger partial charge in [-0.1, -0.05) is 12.1 Å². The van der Waals surface area contributed by atoms with Crippen LogP contribution in [0.4, 0.5) is 4.39 Å². The minimum atomic E-state index is -0.818. The van der Waals surface area contributed by atoms with Gasteiger partial charge in [0, 0.05) is 31.2 Å². The third-order valence-corrected chi connectivity index (χ3v) is 6.59. The summed E-state index contributed by atoms with van der Waals surface area (Å²) < 4.78 is 15.5. The summed E-state index contributed by atoms with van der Waals surface area (Å²) in [6.07, 6.45) is 5.56. The number of hydrogen-bond donors (Lipinski definition) is 2. The Balaban J connectivity index is 1.33. The molecule has 7 nitrogen and oxygen atoms in total. The van der Waals surface area contributed by atoms with Crippen LogP contribution in [0.3, 0.4) is 0 Å². The van der Waals surface area contributed by atoms with Gasteiger partial charge >= 0.3 is 5.97 Å². The van der Waals surface area contributed by atoms with Gasteiger partial charge in [0.25, 0.3) is 0 Å². The Bertz CT molecular complexity index is 1110. The molecule has 2 aliphatic heterocycles. The normalized spacial score (nSPS) is 21.7. The number of aromatic nitrogens is 2. The van der Waals surface area contributed by atoms with E-state index in [1.165, 1.54) is 30.9 Å². The smallest absolute Gasteiger partial charge is 0.359 e. The zero-order valence-electron chi connectivity index (χ0n) is 17.3. The van der Waals surface area contributed by atoms with E-state index in [2.05, 4.69) is 32.3 Å². The van der Waals surface area contributed by atoms with Gasteiger partial charge in [-0.05, 0) is 67.6 Å². The molecule has 2 aromatic carbocycles. The van der Waals surface area contributed by atoms with Crippen LogP contribution >= 0.6 is 0 Å². The second kappa shape index (κ2) is 8.03. The largest absolute Gasteiger partial charge is 0.370 e. The maximum Gasteiger partial charge on any atom is 0.359 e. The van der Waals surface area contributed by atoms with Crippen molar-refractivity contribution in [1.82, 2.24) is 20.0 Å². The van der Waals surface area contributed by atoms with Gasteiger partial charge in [-0.25, -0.2) is 13.9 Å². The van der Waals surface area contributed by atoms with Crippen LogP contribution in [-0.4, -0.2) is 46.8 Å². The number of likely N-dealkylation sites (tertiary alicyclic amines) is 1. The average molecular weight is 423 g/mol. The molecule has 2 aliphatic rings. The number of rotatable bonds is 4. The van der Waals surface area contributed by atoms with Crippen LogP contribution < -0.4 is 11.2 Å². The molecule has 0 radical (unpaired) electrons. The van der Waals surface area contributed by atoms with Gasteiger partial charge in [0.1, 0.15) is 11.3 Å². The standard InChI is InChI=1S/C23H26FN5O2/c24-18-10-17-13-29(27-21(17)20(11-18)22(30)31-25)19-4-2-16(3-5-19)12-28-9-7-23(15-28)6-1-8-26-14-23/h2-5,10-11,13,26H,1,6-9,12,14-15,25H2. The topological polar surface area (TPSA) is 85.4 Å². The molecule has 0 bridgehead atoms. The van der Waals surface area contributed by atoms with Crippen LogP contribution in [-0.2, 0) is 11.4 Å². The summed E-state index contributed by atoms with van der Waals surface area (Å²) >= 11 is 0. The summed E-state index contributed by atoms with van der Waals surface area (Å²) in [6.45, 7) is 5.50. The number of halogens is 1. The van der Waals surface area contributed by atoms with E-state index >= 15 is 0 Å². The number of piperidine rings is 1. The second-order valence-corrected chi connectivity index (χ2v) is 8.78. The molecule has 1 atom stereocenters. The molecule has 1 unspecified atom stereocenters. The minimum Gasteiger partial charge on any atom is -0.370 e. The lowest BCUT2D eigenvalue weighted by Crippen LogP contribution is -2.41. The van der Waals surface area contributed by atoms with Crippen LogP contribution in [0.5, 0.6) is 0 Å². The van der Waals surface area contributed by atoms with E-state index in [1.807, 2.05) is 12.1 Å². The number of fused-ring (bicyclic) bond motifs is 1. The molecule has 5 rings (SSSR count). The van der Waals surface area contributed by atoms with E-state index in [0.717, 1.165) is 44.5 Å².